The molecule has 2 aliphatic carbocycles. The van der Waals surface area contributed by atoms with Gasteiger partial charge in [-0.1, -0.05) is 12.2 Å². The number of fused-ring (bicyclic) bond motifs is 4. The van der Waals surface area contributed by atoms with E-state index in [4.69, 9.17) is 31.4 Å². The van der Waals surface area contributed by atoms with Gasteiger partial charge in [0, 0.05) is 85.9 Å². The number of amides is 2. The Bertz CT molecular complexity index is 2740. The number of nitrogens with zero attached hydrogens (tertiary/aromatic N) is 2. The van der Waals surface area contributed by atoms with Gasteiger partial charge in [0.15, 0.2) is 11.7 Å². The van der Waals surface area contributed by atoms with E-state index in [2.05, 4.69) is 20.9 Å². The fraction of sp³-hybridized carbons (Fsp3) is 0.449. The molecule has 4 heterocycles. The molecule has 17 N–H and O–H groups in total. The number of nitrogens with two attached hydrogens (primary N) is 3. The number of allylic oxidation sites excluding steroid dienone is 3. The van der Waals surface area contributed by atoms with Crippen molar-refractivity contribution < 1.29 is 74.2 Å². The molecule has 4 aliphatic heterocycles. The number of methoxy groups -OCH3 is 1. The number of nitrogens with one attached hydrogen (secondary N) is 3. The minimum absolute atomic E-state index is 0.000847. The molecule has 0 bridgehead atoms. The SMILES string of the molecule is CN=C(N)NCc1c(O)c2c(c3c1CC(C1=CNC(N)C=C1)C(CCO)CC3)C(=O)c1c(CO)c(OC)cc(OC3OC(O)(CO)C(O)(CC(CN4C(=O)C=CC4=O)C4=CCNC(N)=C4)C(O)C3O)c1C2=O. The summed E-state index contributed by atoms with van der Waals surface area (Å²) in [6, 6.07) is 1.09. The highest BCUT2D eigenvalue weighted by Crippen LogP contribution is 2.50. The number of aromatic hydroxyl groups is 1. The number of guanidine groups is 1. The van der Waals surface area contributed by atoms with E-state index >= 15 is 9.59 Å². The van der Waals surface area contributed by atoms with Crippen molar-refractivity contribution in [2.45, 2.75) is 81.3 Å². The molecule has 0 radical (unpaired) electrons. The lowest BCUT2D eigenvalue weighted by molar-refractivity contribution is -0.420. The summed E-state index contributed by atoms with van der Waals surface area (Å²) in [6.07, 6.45) is 3.63. The molecule has 2 amide bonds. The van der Waals surface area contributed by atoms with Crippen molar-refractivity contribution in [3.05, 3.63) is 110 Å². The standard InChI is InChI=1S/C49H60N8O15/c1-53-47(52)56-18-29-28-14-27(24-4-6-33(50)55-17-24)22(10-12-58)3-5-26(28)37-40(41(29)63)43(65)39-32(15-31(70-2)30(20-59)38(39)42(37)64)71-46-44(66)45(67)48(68,49(69,21-60)72-46)16-25(23-9-11-54-34(51)13-23)19-57-35(61)7-8-36(57)62/h4,6-9,13,15,17,22,25,27,33,44-46,54-55,58-60,63,66-69H,3,5,10-12,14,16,18-21,50-51H2,1-2H3,(H3,52,53,56). The van der Waals surface area contributed by atoms with E-state index < -0.39 is 120 Å². The zero-order valence-corrected chi connectivity index (χ0v) is 39.5. The van der Waals surface area contributed by atoms with Crippen molar-refractivity contribution >= 4 is 29.3 Å². The number of carbonyl (C=O) groups excluding carboxylic acids is 4. The largest absolute Gasteiger partial charge is 0.507 e. The number of benzene rings is 2. The minimum Gasteiger partial charge on any atom is -0.507 e. The van der Waals surface area contributed by atoms with Gasteiger partial charge in [-0.25, -0.2) is 0 Å². The third kappa shape index (κ3) is 9.00. The predicted molar refractivity (Wildman–Crippen MR) is 254 cm³/mol. The van der Waals surface area contributed by atoms with Crippen LogP contribution in [0, 0.1) is 17.8 Å². The maximum Gasteiger partial charge on any atom is 0.253 e. The fourth-order valence-electron chi connectivity index (χ4n) is 10.8. The smallest absolute Gasteiger partial charge is 0.253 e. The second-order valence-corrected chi connectivity index (χ2v) is 18.5. The van der Waals surface area contributed by atoms with Crippen molar-refractivity contribution in [2.24, 2.45) is 39.9 Å². The summed E-state index contributed by atoms with van der Waals surface area (Å²) in [5.41, 5.74) is 15.9. The van der Waals surface area contributed by atoms with E-state index in [1.165, 1.54) is 20.2 Å². The quantitative estimate of drug-likeness (QED) is 0.0318. The highest BCUT2D eigenvalue weighted by Gasteiger charge is 2.65. The van der Waals surface area contributed by atoms with Gasteiger partial charge in [-0.15, -0.1) is 0 Å². The van der Waals surface area contributed by atoms with Gasteiger partial charge in [0.1, 0.15) is 41.7 Å². The van der Waals surface area contributed by atoms with Gasteiger partial charge in [-0.3, -0.25) is 29.1 Å². The molecule has 2 aromatic rings. The first-order valence-corrected chi connectivity index (χ1v) is 23.4. The summed E-state index contributed by atoms with van der Waals surface area (Å²) in [5.74, 6) is -9.06. The van der Waals surface area contributed by atoms with E-state index in [0.717, 1.165) is 28.7 Å². The van der Waals surface area contributed by atoms with Crippen LogP contribution >= 0.6 is 0 Å². The Morgan fingerprint density at radius 2 is 1.74 bits per heavy atom. The van der Waals surface area contributed by atoms with E-state index in [9.17, 15) is 50.4 Å². The molecule has 1 saturated heterocycles. The first-order chi connectivity index (χ1) is 34.3. The highest BCUT2D eigenvalue weighted by molar-refractivity contribution is 6.31. The van der Waals surface area contributed by atoms with Crippen LogP contribution in [-0.2, 0) is 40.3 Å². The number of ether oxygens (including phenoxy) is 3. The Hall–Kier alpha value is -6.67. The van der Waals surface area contributed by atoms with E-state index in [1.807, 2.05) is 6.08 Å². The summed E-state index contributed by atoms with van der Waals surface area (Å²) in [4.78, 5) is 60.9. The zero-order chi connectivity index (χ0) is 52.0. The molecule has 9 unspecified atom stereocenters. The number of ketones is 2. The first kappa shape index (κ1) is 51.7. The second kappa shape index (κ2) is 20.4. The van der Waals surface area contributed by atoms with Crippen molar-refractivity contribution in [1.29, 1.82) is 0 Å². The topological polar surface area (TPSA) is 388 Å². The second-order valence-electron chi connectivity index (χ2n) is 18.5. The molecule has 0 spiro atoms. The molecule has 1 fully saturated rings. The van der Waals surface area contributed by atoms with Crippen LogP contribution in [0.4, 0.5) is 0 Å². The number of aliphatic hydroxyl groups is 7. The Morgan fingerprint density at radius 3 is 2.36 bits per heavy atom. The highest BCUT2D eigenvalue weighted by atomic mass is 16.8. The molecule has 72 heavy (non-hydrogen) atoms. The molecule has 0 saturated carbocycles. The number of hydrogen-bond acceptors (Lipinski definition) is 20. The van der Waals surface area contributed by atoms with Crippen LogP contribution in [0.5, 0.6) is 17.2 Å². The van der Waals surface area contributed by atoms with Gasteiger partial charge in [-0.2, -0.15) is 0 Å². The molecule has 8 rings (SSSR count). The first-order valence-electron chi connectivity index (χ1n) is 23.4. The third-order valence-corrected chi connectivity index (χ3v) is 14.6. The Balaban J connectivity index is 1.21. The molecule has 23 heteroatoms. The number of carbonyl (C=O) groups is 4. The number of aliphatic hydroxyl groups excluding tert-OH is 5. The average molecular weight is 1000 g/mol. The number of phenols is 1. The van der Waals surface area contributed by atoms with Crippen molar-refractivity contribution in [1.82, 2.24) is 20.9 Å². The number of hydrogen-bond donors (Lipinski definition) is 14. The van der Waals surface area contributed by atoms with Gasteiger partial charge in [0.2, 0.25) is 17.9 Å². The molecule has 23 nitrogen and oxygen atoms in total. The zero-order valence-electron chi connectivity index (χ0n) is 39.5. The lowest BCUT2D eigenvalue weighted by Crippen LogP contribution is -2.75. The fourth-order valence-corrected chi connectivity index (χ4v) is 10.8. The molecular weight excluding hydrogens is 941 g/mol. The summed E-state index contributed by atoms with van der Waals surface area (Å²) >= 11 is 0. The van der Waals surface area contributed by atoms with Gasteiger partial charge in [-0.05, 0) is 78.4 Å². The van der Waals surface area contributed by atoms with E-state index in [0.29, 0.717) is 29.5 Å². The number of rotatable bonds is 15. The monoisotopic (exact) mass is 1000 g/mol. The maximum atomic E-state index is 15.4. The molecular formula is C49H60N8O15. The lowest BCUT2D eigenvalue weighted by Gasteiger charge is -2.53. The van der Waals surface area contributed by atoms with Gasteiger partial charge in [0.05, 0.1) is 36.8 Å². The van der Waals surface area contributed by atoms with E-state index in [-0.39, 0.29) is 78.6 Å². The average Bonchev–Trinajstić information content (AvgIpc) is 3.56. The lowest BCUT2D eigenvalue weighted by atomic mass is 9.73. The van der Waals surface area contributed by atoms with Gasteiger partial charge < -0.3 is 88.2 Å². The predicted octanol–water partition coefficient (Wildman–Crippen LogP) is -2.74. The minimum atomic E-state index is -3.20. The van der Waals surface area contributed by atoms with Crippen LogP contribution in [0.3, 0.4) is 0 Å². The third-order valence-electron chi connectivity index (χ3n) is 14.6. The van der Waals surface area contributed by atoms with Crippen LogP contribution in [0.15, 0.2) is 70.7 Å². The number of phenolic OH excluding ortho intramolecular Hbond substituents is 1. The number of dihydropyridines is 2. The summed E-state index contributed by atoms with van der Waals surface area (Å²) in [7, 11) is 2.66. The molecule has 9 atom stereocenters. The molecule has 2 aromatic carbocycles. The molecule has 386 valence electrons. The van der Waals surface area contributed by atoms with E-state index in [1.54, 1.807) is 18.4 Å². The van der Waals surface area contributed by atoms with Crippen LogP contribution < -0.4 is 42.6 Å². The molecule has 6 aliphatic rings. The van der Waals surface area contributed by atoms with Crippen molar-refractivity contribution in [2.75, 3.05) is 40.5 Å². The summed E-state index contributed by atoms with van der Waals surface area (Å²) in [5, 5.41) is 101. The van der Waals surface area contributed by atoms with Crippen molar-refractivity contribution in [3.63, 3.8) is 0 Å². The number of aliphatic imine (C=N–C) groups is 1. The normalized spacial score (nSPS) is 28.4. The summed E-state index contributed by atoms with van der Waals surface area (Å²) in [6.45, 7) is -2.83. The Kier molecular flexibility index (Phi) is 14.7. The van der Waals surface area contributed by atoms with Crippen LogP contribution in [0.25, 0.3) is 0 Å². The number of imide groups is 1. The van der Waals surface area contributed by atoms with Crippen LogP contribution in [0.1, 0.15) is 73.4 Å². The van der Waals surface area contributed by atoms with Crippen molar-refractivity contribution in [3.8, 4) is 17.2 Å². The Labute approximate surface area is 412 Å². The van der Waals surface area contributed by atoms with Gasteiger partial charge >= 0.3 is 0 Å². The van der Waals surface area contributed by atoms with Crippen LogP contribution in [0.2, 0.25) is 0 Å². The Morgan fingerprint density at radius 1 is 1.01 bits per heavy atom. The van der Waals surface area contributed by atoms with Crippen LogP contribution in [-0.4, -0.2) is 152 Å². The maximum absolute atomic E-state index is 15.4. The summed E-state index contributed by atoms with van der Waals surface area (Å²) < 4.78 is 17.5. The van der Waals surface area contributed by atoms with Gasteiger partial charge in [0.25, 0.3) is 11.8 Å². The molecule has 0 aromatic heterocycles.